The smallest absolute Gasteiger partial charge is 0.245 e. The number of pyridine rings is 1. The van der Waals surface area contributed by atoms with Crippen LogP contribution in [0, 0.1) is 11.3 Å². The van der Waals surface area contributed by atoms with Gasteiger partial charge in [-0.1, -0.05) is 0 Å². The van der Waals surface area contributed by atoms with E-state index in [1.165, 1.54) is 6.20 Å². The van der Waals surface area contributed by atoms with E-state index in [0.29, 0.717) is 30.3 Å². The lowest BCUT2D eigenvalue weighted by atomic mass is 10.3. The van der Waals surface area contributed by atoms with Gasteiger partial charge < -0.3 is 14.5 Å². The van der Waals surface area contributed by atoms with Gasteiger partial charge in [-0.25, -0.2) is 9.97 Å². The summed E-state index contributed by atoms with van der Waals surface area (Å²) >= 11 is 0. The Morgan fingerprint density at radius 2 is 2.37 bits per heavy atom. The first-order valence-electron chi connectivity index (χ1n) is 5.84. The quantitative estimate of drug-likeness (QED) is 0.787. The molecule has 0 radical (unpaired) electrons. The van der Waals surface area contributed by atoms with Crippen LogP contribution in [0.3, 0.4) is 0 Å². The van der Waals surface area contributed by atoms with E-state index in [4.69, 9.17) is 14.4 Å². The molecule has 2 aromatic rings. The Hall–Kier alpha value is -2.23. The highest BCUT2D eigenvalue weighted by molar-refractivity contribution is 5.48. The van der Waals surface area contributed by atoms with Crippen LogP contribution in [0.4, 0.5) is 0 Å². The lowest BCUT2D eigenvalue weighted by Gasteiger charge is -1.99. The third-order valence-corrected chi connectivity index (χ3v) is 2.45. The number of nitriles is 1. The van der Waals surface area contributed by atoms with Gasteiger partial charge in [0.05, 0.1) is 17.9 Å². The van der Waals surface area contributed by atoms with Crippen molar-refractivity contribution >= 4 is 0 Å². The van der Waals surface area contributed by atoms with Crippen LogP contribution in [0.1, 0.15) is 11.3 Å². The summed E-state index contributed by atoms with van der Waals surface area (Å²) in [5.74, 6) is 0.452. The molecule has 1 N–H and O–H groups in total. The molecule has 0 saturated carbocycles. The highest BCUT2D eigenvalue weighted by Crippen LogP contribution is 2.16. The van der Waals surface area contributed by atoms with Gasteiger partial charge >= 0.3 is 0 Å². The Labute approximate surface area is 111 Å². The molecule has 6 heteroatoms. The average Bonchev–Trinajstić information content (AvgIpc) is 2.92. The van der Waals surface area contributed by atoms with E-state index in [9.17, 15) is 0 Å². The predicted molar refractivity (Wildman–Crippen MR) is 68.0 cm³/mol. The zero-order valence-corrected chi connectivity index (χ0v) is 10.6. The molecular formula is C13H14N4O2. The lowest BCUT2D eigenvalue weighted by Crippen LogP contribution is -2.18. The Morgan fingerprint density at radius 3 is 3.05 bits per heavy atom. The molecule has 0 aliphatic rings. The number of nitrogens with zero attached hydrogens (tertiary/aromatic N) is 3. The zero-order chi connectivity index (χ0) is 13.5. The highest BCUT2D eigenvalue weighted by atomic mass is 16.5. The van der Waals surface area contributed by atoms with Gasteiger partial charge in [0, 0.05) is 26.4 Å². The molecule has 2 heterocycles. The van der Waals surface area contributed by atoms with Crippen molar-refractivity contribution in [3.8, 4) is 17.7 Å². The van der Waals surface area contributed by atoms with Crippen LogP contribution in [-0.2, 0) is 11.3 Å². The fraction of sp³-hybridized carbons (Fsp3) is 0.308. The molecule has 0 bridgehead atoms. The van der Waals surface area contributed by atoms with Crippen LogP contribution < -0.4 is 5.32 Å². The number of hydrogen-bond acceptors (Lipinski definition) is 6. The highest BCUT2D eigenvalue weighted by Gasteiger charge is 2.07. The van der Waals surface area contributed by atoms with Gasteiger partial charge in [-0.2, -0.15) is 5.26 Å². The normalized spacial score (nSPS) is 10.3. The summed E-state index contributed by atoms with van der Waals surface area (Å²) in [7, 11) is 1.66. The summed E-state index contributed by atoms with van der Waals surface area (Å²) in [5.41, 5.74) is 1.93. The van der Waals surface area contributed by atoms with Gasteiger partial charge in [-0.3, -0.25) is 0 Å². The van der Waals surface area contributed by atoms with Crippen molar-refractivity contribution in [1.29, 1.82) is 5.26 Å². The molecule has 6 nitrogen and oxygen atoms in total. The Balaban J connectivity index is 1.98. The molecule has 98 valence electrons. The molecule has 0 spiro atoms. The first-order valence-corrected chi connectivity index (χ1v) is 5.84. The van der Waals surface area contributed by atoms with Crippen LogP contribution in [0.2, 0.25) is 0 Å². The Morgan fingerprint density at radius 1 is 1.47 bits per heavy atom. The SMILES string of the molecule is COCCNCc1coc(-c2ccc(C#N)cn2)n1. The van der Waals surface area contributed by atoms with Crippen LogP contribution in [0.25, 0.3) is 11.6 Å². The van der Waals surface area contributed by atoms with Crippen molar-refractivity contribution in [2.75, 3.05) is 20.3 Å². The van der Waals surface area contributed by atoms with E-state index >= 15 is 0 Å². The maximum Gasteiger partial charge on any atom is 0.245 e. The van der Waals surface area contributed by atoms with Crippen LogP contribution in [0.15, 0.2) is 29.0 Å². The van der Waals surface area contributed by atoms with Crippen LogP contribution >= 0.6 is 0 Å². The van der Waals surface area contributed by atoms with Gasteiger partial charge in [0.25, 0.3) is 0 Å². The molecule has 0 saturated heterocycles. The van der Waals surface area contributed by atoms with Crippen molar-refractivity contribution < 1.29 is 9.15 Å². The molecular weight excluding hydrogens is 244 g/mol. The molecule has 0 atom stereocenters. The topological polar surface area (TPSA) is 84.0 Å². The van der Waals surface area contributed by atoms with Crippen molar-refractivity contribution in [3.05, 3.63) is 35.9 Å². The van der Waals surface area contributed by atoms with Gasteiger partial charge in [-0.15, -0.1) is 0 Å². The fourth-order valence-corrected chi connectivity index (χ4v) is 1.48. The molecule has 0 unspecified atom stereocenters. The summed E-state index contributed by atoms with van der Waals surface area (Å²) in [5, 5.41) is 11.9. The van der Waals surface area contributed by atoms with E-state index in [2.05, 4.69) is 15.3 Å². The van der Waals surface area contributed by atoms with E-state index in [1.807, 2.05) is 6.07 Å². The standard InChI is InChI=1S/C13H14N4O2/c1-18-5-4-15-8-11-9-19-13(17-11)12-3-2-10(6-14)7-16-12/h2-3,7,9,15H,4-5,8H2,1H3. The minimum atomic E-state index is 0.452. The summed E-state index contributed by atoms with van der Waals surface area (Å²) in [4.78, 5) is 8.44. The fourth-order valence-electron chi connectivity index (χ4n) is 1.48. The maximum atomic E-state index is 8.70. The van der Waals surface area contributed by atoms with E-state index in [-0.39, 0.29) is 0 Å². The molecule has 0 aromatic carbocycles. The van der Waals surface area contributed by atoms with Crippen LogP contribution in [0.5, 0.6) is 0 Å². The number of aromatic nitrogens is 2. The van der Waals surface area contributed by atoms with Crippen molar-refractivity contribution in [1.82, 2.24) is 15.3 Å². The van der Waals surface area contributed by atoms with Gasteiger partial charge in [0.1, 0.15) is 18.0 Å². The number of hydrogen-bond donors (Lipinski definition) is 1. The molecule has 2 rings (SSSR count). The summed E-state index contributed by atoms with van der Waals surface area (Å²) in [6, 6.07) is 5.41. The second kappa shape index (κ2) is 6.64. The third kappa shape index (κ3) is 3.61. The summed E-state index contributed by atoms with van der Waals surface area (Å²) in [6.45, 7) is 2.03. The number of nitrogens with one attached hydrogen (secondary N) is 1. The predicted octanol–water partition coefficient (Wildman–Crippen LogP) is 1.34. The Bertz CT molecular complexity index is 557. The first kappa shape index (κ1) is 13.2. The zero-order valence-electron chi connectivity index (χ0n) is 10.6. The molecule has 0 aliphatic carbocycles. The first-order chi connectivity index (χ1) is 9.33. The molecule has 0 fully saturated rings. The minimum Gasteiger partial charge on any atom is -0.443 e. The second-order valence-corrected chi connectivity index (χ2v) is 3.86. The summed E-state index contributed by atoms with van der Waals surface area (Å²) in [6.07, 6.45) is 3.09. The van der Waals surface area contributed by atoms with Crippen molar-refractivity contribution in [2.24, 2.45) is 0 Å². The van der Waals surface area contributed by atoms with E-state index in [1.54, 1.807) is 25.5 Å². The molecule has 0 aliphatic heterocycles. The molecule has 2 aromatic heterocycles. The lowest BCUT2D eigenvalue weighted by molar-refractivity contribution is 0.199. The van der Waals surface area contributed by atoms with E-state index in [0.717, 1.165) is 12.2 Å². The van der Waals surface area contributed by atoms with E-state index < -0.39 is 0 Å². The number of rotatable bonds is 6. The second-order valence-electron chi connectivity index (χ2n) is 3.86. The Kier molecular flexibility index (Phi) is 4.61. The number of ether oxygens (including phenoxy) is 1. The van der Waals surface area contributed by atoms with Gasteiger partial charge in [0.15, 0.2) is 0 Å². The number of methoxy groups -OCH3 is 1. The van der Waals surface area contributed by atoms with Gasteiger partial charge in [0.2, 0.25) is 5.89 Å². The maximum absolute atomic E-state index is 8.70. The van der Waals surface area contributed by atoms with Gasteiger partial charge in [-0.05, 0) is 12.1 Å². The molecule has 0 amide bonds. The average molecular weight is 258 g/mol. The van der Waals surface area contributed by atoms with Crippen molar-refractivity contribution in [2.45, 2.75) is 6.54 Å². The minimum absolute atomic E-state index is 0.452. The third-order valence-electron chi connectivity index (χ3n) is 2.45. The van der Waals surface area contributed by atoms with Crippen LogP contribution in [-0.4, -0.2) is 30.2 Å². The number of oxazole rings is 1. The molecule has 19 heavy (non-hydrogen) atoms. The largest absolute Gasteiger partial charge is 0.443 e. The summed E-state index contributed by atoms with van der Waals surface area (Å²) < 4.78 is 10.3. The monoisotopic (exact) mass is 258 g/mol. The van der Waals surface area contributed by atoms with Crippen molar-refractivity contribution in [3.63, 3.8) is 0 Å².